The van der Waals surface area contributed by atoms with E-state index in [4.69, 9.17) is 14.2 Å². The number of rotatable bonds is 7. The maximum absolute atomic E-state index is 13.7. The van der Waals surface area contributed by atoms with Crippen molar-refractivity contribution in [1.29, 1.82) is 0 Å². The number of hydrogen-bond donors (Lipinski definition) is 1. The topological polar surface area (TPSA) is 60.0 Å². The lowest BCUT2D eigenvalue weighted by atomic mass is 9.86. The second kappa shape index (κ2) is 10.5. The van der Waals surface area contributed by atoms with Crippen LogP contribution in [0.2, 0.25) is 0 Å². The predicted molar refractivity (Wildman–Crippen MR) is 124 cm³/mol. The lowest BCUT2D eigenvalue weighted by molar-refractivity contribution is -0.141. The predicted octanol–water partition coefficient (Wildman–Crippen LogP) is 4.59. The Balaban J connectivity index is 1.46. The summed E-state index contributed by atoms with van der Waals surface area (Å²) in [5, 5.41) is 3.17. The Morgan fingerprint density at radius 2 is 1.86 bits per heavy atom. The van der Waals surface area contributed by atoms with Gasteiger partial charge in [-0.15, -0.1) is 0 Å². The molecule has 9 heteroatoms. The number of nitrogens with zero attached hydrogens (tertiary/aromatic N) is 1. The van der Waals surface area contributed by atoms with Crippen LogP contribution in [0.4, 0.5) is 13.2 Å². The van der Waals surface area contributed by atoms with Gasteiger partial charge in [-0.05, 0) is 62.1 Å². The SMILES string of the molecule is COc1cccc(C(C)NC(=O)C2(N3CC[C@@H](Oc4cccc(C(F)(F)F)c4)C3)CCOCC2)c1. The maximum atomic E-state index is 13.7. The van der Waals surface area contributed by atoms with Crippen LogP contribution in [0.1, 0.15) is 43.4 Å². The van der Waals surface area contributed by atoms with E-state index in [0.29, 0.717) is 45.6 Å². The highest BCUT2D eigenvalue weighted by Crippen LogP contribution is 2.35. The third kappa shape index (κ3) is 5.73. The van der Waals surface area contributed by atoms with Gasteiger partial charge in [0.05, 0.1) is 18.7 Å². The fourth-order valence-corrected chi connectivity index (χ4v) is 4.87. The number of alkyl halides is 3. The Morgan fingerprint density at radius 3 is 2.57 bits per heavy atom. The van der Waals surface area contributed by atoms with Crippen LogP contribution in [-0.4, -0.2) is 55.9 Å². The standard InChI is InChI=1S/C26H31F3N2O4/c1-18(19-5-3-7-21(15-19)33-2)30-24(32)25(10-13-34-14-11-25)31-12-9-23(17-31)35-22-8-4-6-20(16-22)26(27,28)29/h3-8,15-16,18,23H,9-14,17H2,1-2H3,(H,30,32)/t18?,23-/m1/s1. The molecule has 0 aliphatic carbocycles. The van der Waals surface area contributed by atoms with E-state index in [2.05, 4.69) is 10.2 Å². The molecular formula is C26H31F3N2O4. The zero-order valence-electron chi connectivity index (χ0n) is 19.9. The van der Waals surface area contributed by atoms with E-state index < -0.39 is 17.3 Å². The highest BCUT2D eigenvalue weighted by Gasteiger charge is 2.48. The molecule has 6 nitrogen and oxygen atoms in total. The van der Waals surface area contributed by atoms with Gasteiger partial charge in [0.1, 0.15) is 23.1 Å². The molecule has 0 spiro atoms. The van der Waals surface area contributed by atoms with Gasteiger partial charge in [-0.2, -0.15) is 13.2 Å². The minimum atomic E-state index is -4.43. The first-order valence-electron chi connectivity index (χ1n) is 11.8. The summed E-state index contributed by atoms with van der Waals surface area (Å²) in [4.78, 5) is 15.8. The van der Waals surface area contributed by atoms with Gasteiger partial charge in [-0.3, -0.25) is 9.69 Å². The number of benzene rings is 2. The van der Waals surface area contributed by atoms with Gasteiger partial charge in [0.15, 0.2) is 0 Å². The van der Waals surface area contributed by atoms with Gasteiger partial charge in [0, 0.05) is 26.3 Å². The molecule has 2 fully saturated rings. The van der Waals surface area contributed by atoms with Crippen molar-refractivity contribution < 1.29 is 32.2 Å². The van der Waals surface area contributed by atoms with Crippen molar-refractivity contribution in [3.8, 4) is 11.5 Å². The lowest BCUT2D eigenvalue weighted by Crippen LogP contribution is -2.61. The van der Waals surface area contributed by atoms with Crippen molar-refractivity contribution in [2.24, 2.45) is 0 Å². The van der Waals surface area contributed by atoms with Gasteiger partial charge in [0.2, 0.25) is 5.91 Å². The van der Waals surface area contributed by atoms with Crippen molar-refractivity contribution in [3.63, 3.8) is 0 Å². The first-order valence-corrected chi connectivity index (χ1v) is 11.8. The third-order valence-corrected chi connectivity index (χ3v) is 6.90. The average Bonchev–Trinajstić information content (AvgIpc) is 3.33. The second-order valence-corrected chi connectivity index (χ2v) is 9.12. The van der Waals surface area contributed by atoms with E-state index in [9.17, 15) is 18.0 Å². The van der Waals surface area contributed by atoms with Crippen molar-refractivity contribution in [2.75, 3.05) is 33.4 Å². The Bertz CT molecular complexity index is 1020. The number of methoxy groups -OCH3 is 1. The lowest BCUT2D eigenvalue weighted by Gasteiger charge is -2.43. The molecule has 35 heavy (non-hydrogen) atoms. The summed E-state index contributed by atoms with van der Waals surface area (Å²) < 4.78 is 56.0. The van der Waals surface area contributed by atoms with Crippen LogP contribution in [0.25, 0.3) is 0 Å². The number of halogens is 3. The molecule has 0 saturated carbocycles. The van der Waals surface area contributed by atoms with Gasteiger partial charge < -0.3 is 19.5 Å². The Morgan fingerprint density at radius 1 is 1.14 bits per heavy atom. The fraction of sp³-hybridized carbons (Fsp3) is 0.500. The number of likely N-dealkylation sites (tertiary alicyclic amines) is 1. The summed E-state index contributed by atoms with van der Waals surface area (Å²) in [6, 6.07) is 12.3. The van der Waals surface area contributed by atoms with Gasteiger partial charge >= 0.3 is 6.18 Å². The molecular weight excluding hydrogens is 461 g/mol. The Hall–Kier alpha value is -2.78. The van der Waals surface area contributed by atoms with E-state index in [1.54, 1.807) is 7.11 Å². The molecule has 2 aromatic rings. The van der Waals surface area contributed by atoms with Gasteiger partial charge in [-0.1, -0.05) is 18.2 Å². The van der Waals surface area contributed by atoms with E-state index in [-0.39, 0.29) is 23.8 Å². The molecule has 2 aliphatic heterocycles. The number of amides is 1. The van der Waals surface area contributed by atoms with Crippen molar-refractivity contribution in [2.45, 2.75) is 50.0 Å². The number of nitrogens with one attached hydrogen (secondary N) is 1. The molecule has 2 aromatic carbocycles. The number of ether oxygens (including phenoxy) is 3. The molecule has 2 heterocycles. The van der Waals surface area contributed by atoms with Crippen LogP contribution in [0.5, 0.6) is 11.5 Å². The number of carbonyl (C=O) groups is 1. The van der Waals surface area contributed by atoms with E-state index in [0.717, 1.165) is 23.4 Å². The first-order chi connectivity index (χ1) is 16.7. The van der Waals surface area contributed by atoms with E-state index in [1.807, 2.05) is 31.2 Å². The molecule has 1 N–H and O–H groups in total. The molecule has 1 unspecified atom stereocenters. The third-order valence-electron chi connectivity index (χ3n) is 6.90. The zero-order valence-corrected chi connectivity index (χ0v) is 19.9. The smallest absolute Gasteiger partial charge is 0.416 e. The summed E-state index contributed by atoms with van der Waals surface area (Å²) in [6.07, 6.45) is -3.02. The molecule has 0 radical (unpaired) electrons. The van der Waals surface area contributed by atoms with Crippen LogP contribution in [0.3, 0.4) is 0 Å². The summed E-state index contributed by atoms with van der Waals surface area (Å²) in [6.45, 7) is 3.94. The van der Waals surface area contributed by atoms with Crippen LogP contribution >= 0.6 is 0 Å². The van der Waals surface area contributed by atoms with Crippen LogP contribution < -0.4 is 14.8 Å². The first kappa shape index (κ1) is 25.3. The number of carbonyl (C=O) groups excluding carboxylic acids is 1. The van der Waals surface area contributed by atoms with Gasteiger partial charge in [0.25, 0.3) is 0 Å². The summed E-state index contributed by atoms with van der Waals surface area (Å²) >= 11 is 0. The summed E-state index contributed by atoms with van der Waals surface area (Å²) in [5.41, 5.74) is -0.555. The monoisotopic (exact) mass is 492 g/mol. The average molecular weight is 493 g/mol. The quantitative estimate of drug-likeness (QED) is 0.613. The summed E-state index contributed by atoms with van der Waals surface area (Å²) in [5.74, 6) is 0.832. The second-order valence-electron chi connectivity index (χ2n) is 9.12. The maximum Gasteiger partial charge on any atom is 0.416 e. The van der Waals surface area contributed by atoms with E-state index >= 15 is 0 Å². The molecule has 0 aromatic heterocycles. The van der Waals surface area contributed by atoms with Crippen molar-refractivity contribution in [3.05, 3.63) is 59.7 Å². The minimum Gasteiger partial charge on any atom is -0.497 e. The zero-order chi connectivity index (χ0) is 25.1. The molecule has 2 saturated heterocycles. The molecule has 2 aliphatic rings. The summed E-state index contributed by atoms with van der Waals surface area (Å²) in [7, 11) is 1.60. The molecule has 4 rings (SSSR count). The molecule has 190 valence electrons. The molecule has 0 bridgehead atoms. The van der Waals surface area contributed by atoms with E-state index in [1.165, 1.54) is 12.1 Å². The highest BCUT2D eigenvalue weighted by molar-refractivity contribution is 5.87. The van der Waals surface area contributed by atoms with Crippen LogP contribution in [-0.2, 0) is 15.7 Å². The largest absolute Gasteiger partial charge is 0.497 e. The Kier molecular flexibility index (Phi) is 7.56. The van der Waals surface area contributed by atoms with Gasteiger partial charge in [-0.25, -0.2) is 0 Å². The normalized spacial score (nSPS) is 21.3. The van der Waals surface area contributed by atoms with Crippen molar-refractivity contribution in [1.82, 2.24) is 10.2 Å². The Labute approximate surface area is 203 Å². The molecule has 1 amide bonds. The van der Waals surface area contributed by atoms with Crippen LogP contribution in [0, 0.1) is 0 Å². The fourth-order valence-electron chi connectivity index (χ4n) is 4.87. The van der Waals surface area contributed by atoms with Crippen LogP contribution in [0.15, 0.2) is 48.5 Å². The minimum absolute atomic E-state index is 0.0733. The van der Waals surface area contributed by atoms with Crippen molar-refractivity contribution >= 4 is 5.91 Å². The highest BCUT2D eigenvalue weighted by atomic mass is 19.4. The molecule has 2 atom stereocenters. The number of hydrogen-bond acceptors (Lipinski definition) is 5.